The SMILES string of the molecule is Fc1cnc(N2CCOC3C(CNc4cccnc4)CCC32)nc1. The topological polar surface area (TPSA) is 63.2 Å². The van der Waals surface area contributed by atoms with Gasteiger partial charge in [-0.3, -0.25) is 4.98 Å². The molecular weight excluding hydrogens is 309 g/mol. The molecule has 2 aromatic rings. The van der Waals surface area contributed by atoms with E-state index < -0.39 is 5.82 Å². The number of nitrogens with zero attached hydrogens (tertiary/aromatic N) is 4. The summed E-state index contributed by atoms with van der Waals surface area (Å²) in [4.78, 5) is 14.6. The first kappa shape index (κ1) is 15.3. The molecule has 2 fully saturated rings. The van der Waals surface area contributed by atoms with Gasteiger partial charge in [0.25, 0.3) is 0 Å². The first-order valence-electron chi connectivity index (χ1n) is 8.31. The minimum atomic E-state index is -0.409. The molecule has 126 valence electrons. The molecule has 0 aromatic carbocycles. The molecule has 3 atom stereocenters. The summed E-state index contributed by atoms with van der Waals surface area (Å²) in [6.45, 7) is 2.24. The van der Waals surface area contributed by atoms with E-state index in [4.69, 9.17) is 4.74 Å². The highest BCUT2D eigenvalue weighted by Gasteiger charge is 2.43. The van der Waals surface area contributed by atoms with Gasteiger partial charge in [-0.15, -0.1) is 0 Å². The van der Waals surface area contributed by atoms with Crippen LogP contribution in [0.4, 0.5) is 16.0 Å². The second-order valence-electron chi connectivity index (χ2n) is 6.26. The van der Waals surface area contributed by atoms with Gasteiger partial charge >= 0.3 is 0 Å². The molecule has 24 heavy (non-hydrogen) atoms. The number of ether oxygens (including phenoxy) is 1. The minimum Gasteiger partial charge on any atom is -0.383 e. The van der Waals surface area contributed by atoms with Crippen molar-refractivity contribution in [3.05, 3.63) is 42.7 Å². The van der Waals surface area contributed by atoms with Crippen molar-refractivity contribution in [1.82, 2.24) is 15.0 Å². The molecule has 0 amide bonds. The van der Waals surface area contributed by atoms with Gasteiger partial charge in [-0.25, -0.2) is 14.4 Å². The number of morpholine rings is 1. The fourth-order valence-electron chi connectivity index (χ4n) is 3.70. The van der Waals surface area contributed by atoms with E-state index in [0.717, 1.165) is 31.6 Å². The Morgan fingerprint density at radius 2 is 2.12 bits per heavy atom. The van der Waals surface area contributed by atoms with Crippen LogP contribution in [0.25, 0.3) is 0 Å². The van der Waals surface area contributed by atoms with Crippen molar-refractivity contribution in [3.8, 4) is 0 Å². The molecule has 6 nitrogen and oxygen atoms in total. The third kappa shape index (κ3) is 3.03. The van der Waals surface area contributed by atoms with E-state index in [1.54, 1.807) is 6.20 Å². The molecule has 1 saturated carbocycles. The maximum Gasteiger partial charge on any atom is 0.225 e. The van der Waals surface area contributed by atoms with E-state index in [0.29, 0.717) is 18.5 Å². The molecule has 1 aliphatic heterocycles. The van der Waals surface area contributed by atoms with Crippen LogP contribution in [-0.4, -0.2) is 46.8 Å². The Labute approximate surface area is 140 Å². The van der Waals surface area contributed by atoms with E-state index in [1.807, 2.05) is 18.3 Å². The molecule has 2 aliphatic rings. The second kappa shape index (κ2) is 6.68. The number of fused-ring (bicyclic) bond motifs is 1. The predicted octanol–water partition coefficient (Wildman–Crippen LogP) is 2.11. The summed E-state index contributed by atoms with van der Waals surface area (Å²) in [5.74, 6) is 0.613. The first-order valence-corrected chi connectivity index (χ1v) is 8.31. The summed E-state index contributed by atoms with van der Waals surface area (Å²) in [5.41, 5.74) is 1.02. The molecule has 3 unspecified atom stereocenters. The van der Waals surface area contributed by atoms with E-state index in [2.05, 4.69) is 25.2 Å². The van der Waals surface area contributed by atoms with Crippen LogP contribution in [0.2, 0.25) is 0 Å². The molecular formula is C17H20FN5O. The van der Waals surface area contributed by atoms with Crippen LogP contribution in [-0.2, 0) is 4.74 Å². The van der Waals surface area contributed by atoms with Crippen molar-refractivity contribution in [2.24, 2.45) is 5.92 Å². The van der Waals surface area contributed by atoms with Crippen molar-refractivity contribution in [1.29, 1.82) is 0 Å². The van der Waals surface area contributed by atoms with Crippen molar-refractivity contribution in [2.75, 3.05) is 29.9 Å². The van der Waals surface area contributed by atoms with Crippen molar-refractivity contribution in [3.63, 3.8) is 0 Å². The normalized spacial score (nSPS) is 26.2. The maximum atomic E-state index is 13.1. The molecule has 1 aliphatic carbocycles. The van der Waals surface area contributed by atoms with E-state index in [1.165, 1.54) is 12.4 Å². The monoisotopic (exact) mass is 329 g/mol. The molecule has 0 bridgehead atoms. The number of nitrogens with one attached hydrogen (secondary N) is 1. The highest BCUT2D eigenvalue weighted by molar-refractivity contribution is 5.40. The molecule has 0 spiro atoms. The van der Waals surface area contributed by atoms with Gasteiger partial charge in [0.2, 0.25) is 5.95 Å². The van der Waals surface area contributed by atoms with E-state index in [-0.39, 0.29) is 12.1 Å². The van der Waals surface area contributed by atoms with Crippen LogP contribution in [0.5, 0.6) is 0 Å². The molecule has 1 N–H and O–H groups in total. The third-order valence-electron chi connectivity index (χ3n) is 4.81. The van der Waals surface area contributed by atoms with Gasteiger partial charge in [0, 0.05) is 31.4 Å². The van der Waals surface area contributed by atoms with Crippen LogP contribution >= 0.6 is 0 Å². The predicted molar refractivity (Wildman–Crippen MR) is 88.3 cm³/mol. The van der Waals surface area contributed by atoms with Crippen molar-refractivity contribution in [2.45, 2.75) is 25.0 Å². The Morgan fingerprint density at radius 3 is 2.92 bits per heavy atom. The molecule has 7 heteroatoms. The standard InChI is InChI=1S/C17H20FN5O/c18-13-9-21-17(22-10-13)23-6-7-24-16-12(3-4-15(16)23)8-20-14-2-1-5-19-11-14/h1-2,5,9-12,15-16,20H,3-4,6-8H2. The van der Waals surface area contributed by atoms with Gasteiger partial charge in [0.1, 0.15) is 0 Å². The van der Waals surface area contributed by atoms with Gasteiger partial charge in [0.15, 0.2) is 5.82 Å². The summed E-state index contributed by atoms with van der Waals surface area (Å²) < 4.78 is 19.1. The third-order valence-corrected chi connectivity index (χ3v) is 4.81. The number of pyridine rings is 1. The Morgan fingerprint density at radius 1 is 1.25 bits per heavy atom. The Bertz CT molecular complexity index is 668. The smallest absolute Gasteiger partial charge is 0.225 e. The Kier molecular flexibility index (Phi) is 4.25. The van der Waals surface area contributed by atoms with Crippen LogP contribution in [0.3, 0.4) is 0 Å². The van der Waals surface area contributed by atoms with E-state index in [9.17, 15) is 4.39 Å². The number of hydrogen-bond acceptors (Lipinski definition) is 6. The summed E-state index contributed by atoms with van der Waals surface area (Å²) >= 11 is 0. The number of hydrogen-bond donors (Lipinski definition) is 1. The highest BCUT2D eigenvalue weighted by atomic mass is 19.1. The quantitative estimate of drug-likeness (QED) is 0.927. The zero-order chi connectivity index (χ0) is 16.4. The van der Waals surface area contributed by atoms with Gasteiger partial charge in [-0.05, 0) is 25.0 Å². The van der Waals surface area contributed by atoms with Crippen molar-refractivity contribution >= 4 is 11.6 Å². The number of anilines is 2. The number of aromatic nitrogens is 3. The summed E-state index contributed by atoms with van der Waals surface area (Å²) in [6.07, 6.45) is 8.31. The maximum absolute atomic E-state index is 13.1. The molecule has 4 rings (SSSR count). The molecule has 0 radical (unpaired) electrons. The van der Waals surface area contributed by atoms with Gasteiger partial charge < -0.3 is 15.0 Å². The summed E-state index contributed by atoms with van der Waals surface area (Å²) in [6, 6.07) is 4.19. The fraction of sp³-hybridized carbons (Fsp3) is 0.471. The van der Waals surface area contributed by atoms with Crippen LogP contribution in [0, 0.1) is 11.7 Å². The van der Waals surface area contributed by atoms with Gasteiger partial charge in [0.05, 0.1) is 36.8 Å². The zero-order valence-electron chi connectivity index (χ0n) is 13.3. The van der Waals surface area contributed by atoms with Crippen LogP contribution < -0.4 is 10.2 Å². The molecule has 1 saturated heterocycles. The zero-order valence-corrected chi connectivity index (χ0v) is 13.3. The Hall–Kier alpha value is -2.28. The summed E-state index contributed by atoms with van der Waals surface area (Å²) in [7, 11) is 0. The number of rotatable bonds is 4. The Balaban J connectivity index is 1.43. The summed E-state index contributed by atoms with van der Waals surface area (Å²) in [5, 5.41) is 3.44. The van der Waals surface area contributed by atoms with Crippen LogP contribution in [0.1, 0.15) is 12.8 Å². The lowest BCUT2D eigenvalue weighted by Gasteiger charge is -2.39. The largest absolute Gasteiger partial charge is 0.383 e. The molecule has 2 aromatic heterocycles. The highest BCUT2D eigenvalue weighted by Crippen LogP contribution is 2.36. The lowest BCUT2D eigenvalue weighted by atomic mass is 10.0. The fourth-order valence-corrected chi connectivity index (χ4v) is 3.70. The van der Waals surface area contributed by atoms with Gasteiger partial charge in [-0.2, -0.15) is 0 Å². The molecule has 3 heterocycles. The second-order valence-corrected chi connectivity index (χ2v) is 6.26. The average Bonchev–Trinajstić information content (AvgIpc) is 3.05. The van der Waals surface area contributed by atoms with Gasteiger partial charge in [-0.1, -0.05) is 0 Å². The average molecular weight is 329 g/mol. The lowest BCUT2D eigenvalue weighted by molar-refractivity contribution is 0.000799. The minimum absolute atomic E-state index is 0.150. The van der Waals surface area contributed by atoms with E-state index >= 15 is 0 Å². The van der Waals surface area contributed by atoms with Crippen LogP contribution in [0.15, 0.2) is 36.9 Å². The van der Waals surface area contributed by atoms with Crippen molar-refractivity contribution < 1.29 is 9.13 Å². The number of halogens is 1. The first-order chi connectivity index (χ1) is 11.8. The lowest BCUT2D eigenvalue weighted by Crippen LogP contribution is -2.51.